The highest BCUT2D eigenvalue weighted by Crippen LogP contribution is 2.30. The average molecular weight is 175 g/mol. The van der Waals surface area contributed by atoms with Crippen molar-refractivity contribution >= 4 is 10.8 Å². The summed E-state index contributed by atoms with van der Waals surface area (Å²) < 4.78 is 5.14. The first-order valence-corrected chi connectivity index (χ1v) is 3.92. The predicted molar refractivity (Wildman–Crippen MR) is 50.0 cm³/mol. The Hall–Kier alpha value is -1.77. The number of aromatic hydroxyl groups is 1. The molecule has 0 amide bonds. The molecule has 0 spiro atoms. The van der Waals surface area contributed by atoms with Crippen molar-refractivity contribution in [2.75, 3.05) is 7.11 Å². The third-order valence-electron chi connectivity index (χ3n) is 1.97. The normalized spacial score (nSPS) is 10.2. The van der Waals surface area contributed by atoms with Crippen LogP contribution in [0.1, 0.15) is 0 Å². The second-order valence-corrected chi connectivity index (χ2v) is 2.71. The van der Waals surface area contributed by atoms with Crippen molar-refractivity contribution in [1.82, 2.24) is 4.98 Å². The fourth-order valence-electron chi connectivity index (χ4n) is 1.33. The zero-order chi connectivity index (χ0) is 9.26. The molecule has 1 heterocycles. The minimum absolute atomic E-state index is 0.226. The average Bonchev–Trinajstić information content (AvgIpc) is 2.19. The van der Waals surface area contributed by atoms with Crippen molar-refractivity contribution in [3.63, 3.8) is 0 Å². The highest BCUT2D eigenvalue weighted by atomic mass is 16.5. The Morgan fingerprint density at radius 3 is 2.85 bits per heavy atom. The highest BCUT2D eigenvalue weighted by molar-refractivity contribution is 5.92. The van der Waals surface area contributed by atoms with E-state index in [0.29, 0.717) is 5.39 Å². The largest absolute Gasteiger partial charge is 0.507 e. The highest BCUT2D eigenvalue weighted by Gasteiger charge is 2.03. The van der Waals surface area contributed by atoms with Crippen molar-refractivity contribution in [3.05, 3.63) is 30.6 Å². The number of phenolic OH excluding ortho intramolecular Hbond substituents is 1. The summed E-state index contributed by atoms with van der Waals surface area (Å²) in [5.41, 5.74) is 0. The lowest BCUT2D eigenvalue weighted by Crippen LogP contribution is -1.85. The van der Waals surface area contributed by atoms with Crippen LogP contribution < -0.4 is 4.74 Å². The van der Waals surface area contributed by atoms with Gasteiger partial charge in [-0.15, -0.1) is 0 Å². The number of nitrogens with zero attached hydrogens (tertiary/aromatic N) is 1. The Morgan fingerprint density at radius 1 is 1.23 bits per heavy atom. The van der Waals surface area contributed by atoms with Gasteiger partial charge in [0, 0.05) is 23.2 Å². The second kappa shape index (κ2) is 2.94. The smallest absolute Gasteiger partial charge is 0.127 e. The van der Waals surface area contributed by atoms with E-state index in [1.165, 1.54) is 0 Å². The molecule has 1 N–H and O–H groups in total. The number of benzene rings is 1. The molecular formula is C10H9NO2. The van der Waals surface area contributed by atoms with Crippen LogP contribution in [0.25, 0.3) is 10.8 Å². The van der Waals surface area contributed by atoms with Crippen molar-refractivity contribution in [1.29, 1.82) is 0 Å². The molecule has 2 rings (SSSR count). The van der Waals surface area contributed by atoms with Gasteiger partial charge in [-0.1, -0.05) is 0 Å². The van der Waals surface area contributed by atoms with Crippen LogP contribution >= 0.6 is 0 Å². The van der Waals surface area contributed by atoms with Gasteiger partial charge in [0.15, 0.2) is 0 Å². The van der Waals surface area contributed by atoms with Crippen molar-refractivity contribution in [2.24, 2.45) is 0 Å². The molecule has 13 heavy (non-hydrogen) atoms. The monoisotopic (exact) mass is 175 g/mol. The Labute approximate surface area is 75.6 Å². The number of rotatable bonds is 1. The summed E-state index contributed by atoms with van der Waals surface area (Å²) >= 11 is 0. The van der Waals surface area contributed by atoms with Crippen LogP contribution in [0.5, 0.6) is 11.5 Å². The Balaban J connectivity index is 2.84. The van der Waals surface area contributed by atoms with Gasteiger partial charge in [0.25, 0.3) is 0 Å². The lowest BCUT2D eigenvalue weighted by Gasteiger charge is -2.05. The zero-order valence-electron chi connectivity index (χ0n) is 7.19. The maximum absolute atomic E-state index is 9.50. The number of hydrogen-bond acceptors (Lipinski definition) is 3. The summed E-state index contributed by atoms with van der Waals surface area (Å²) in [5.74, 6) is 0.971. The van der Waals surface area contributed by atoms with Gasteiger partial charge >= 0.3 is 0 Å². The molecule has 2 aromatic rings. The molecule has 0 aliphatic rings. The third-order valence-corrected chi connectivity index (χ3v) is 1.97. The van der Waals surface area contributed by atoms with Gasteiger partial charge in [0.05, 0.1) is 7.11 Å². The zero-order valence-corrected chi connectivity index (χ0v) is 7.19. The first kappa shape index (κ1) is 7.86. The Bertz CT molecular complexity index is 440. The van der Waals surface area contributed by atoms with E-state index in [9.17, 15) is 5.11 Å². The maximum Gasteiger partial charge on any atom is 0.127 e. The van der Waals surface area contributed by atoms with E-state index < -0.39 is 0 Å². The molecular weight excluding hydrogens is 166 g/mol. The summed E-state index contributed by atoms with van der Waals surface area (Å²) in [6, 6.07) is 5.15. The molecule has 0 aliphatic carbocycles. The molecule has 0 aliphatic heterocycles. The van der Waals surface area contributed by atoms with Crippen LogP contribution in [0, 0.1) is 0 Å². The van der Waals surface area contributed by atoms with Crippen LogP contribution in [0.4, 0.5) is 0 Å². The topological polar surface area (TPSA) is 42.4 Å². The molecule has 0 saturated heterocycles. The predicted octanol–water partition coefficient (Wildman–Crippen LogP) is 1.95. The third kappa shape index (κ3) is 1.18. The van der Waals surface area contributed by atoms with E-state index in [4.69, 9.17) is 4.74 Å². The minimum Gasteiger partial charge on any atom is -0.507 e. The number of fused-ring (bicyclic) bond motifs is 1. The molecule has 0 atom stereocenters. The number of aromatic nitrogens is 1. The van der Waals surface area contributed by atoms with E-state index >= 15 is 0 Å². The van der Waals surface area contributed by atoms with Crippen LogP contribution in [-0.4, -0.2) is 17.2 Å². The number of hydrogen-bond donors (Lipinski definition) is 1. The maximum atomic E-state index is 9.50. The standard InChI is InChI=1S/C10H9NO2/c1-13-10-3-2-9(12)8-6-11-5-4-7(8)10/h2-6,12H,1H3. The SMILES string of the molecule is COc1ccc(O)c2cnccc12. The van der Waals surface area contributed by atoms with Crippen molar-refractivity contribution in [2.45, 2.75) is 0 Å². The Kier molecular flexibility index (Phi) is 1.77. The first-order chi connectivity index (χ1) is 6.33. The van der Waals surface area contributed by atoms with Gasteiger partial charge in [-0.2, -0.15) is 0 Å². The van der Waals surface area contributed by atoms with Gasteiger partial charge in [0.2, 0.25) is 0 Å². The summed E-state index contributed by atoms with van der Waals surface area (Å²) in [7, 11) is 1.60. The summed E-state index contributed by atoms with van der Waals surface area (Å²) in [5, 5.41) is 11.1. The van der Waals surface area contributed by atoms with E-state index in [-0.39, 0.29) is 5.75 Å². The van der Waals surface area contributed by atoms with Crippen LogP contribution in [0.3, 0.4) is 0 Å². The molecule has 1 aromatic carbocycles. The molecule has 66 valence electrons. The quantitative estimate of drug-likeness (QED) is 0.720. The second-order valence-electron chi connectivity index (χ2n) is 2.71. The van der Waals surface area contributed by atoms with Gasteiger partial charge in [-0.25, -0.2) is 0 Å². The molecule has 3 heteroatoms. The molecule has 1 aromatic heterocycles. The number of ether oxygens (including phenoxy) is 1. The number of pyridine rings is 1. The molecule has 0 radical (unpaired) electrons. The van der Waals surface area contributed by atoms with E-state index in [1.54, 1.807) is 31.6 Å². The molecule has 0 saturated carbocycles. The number of phenols is 1. The summed E-state index contributed by atoms with van der Waals surface area (Å²) in [6.45, 7) is 0. The summed E-state index contributed by atoms with van der Waals surface area (Å²) in [4.78, 5) is 3.93. The van der Waals surface area contributed by atoms with Gasteiger partial charge in [-0.05, 0) is 18.2 Å². The molecule has 3 nitrogen and oxygen atoms in total. The van der Waals surface area contributed by atoms with Gasteiger partial charge in [-0.3, -0.25) is 4.98 Å². The van der Waals surface area contributed by atoms with Crippen LogP contribution in [0.15, 0.2) is 30.6 Å². The summed E-state index contributed by atoms with van der Waals surface area (Å²) in [6.07, 6.45) is 3.29. The van der Waals surface area contributed by atoms with Crippen molar-refractivity contribution in [3.8, 4) is 11.5 Å². The Morgan fingerprint density at radius 2 is 2.08 bits per heavy atom. The lowest BCUT2D eigenvalue weighted by atomic mass is 10.1. The fraction of sp³-hybridized carbons (Fsp3) is 0.100. The van der Waals surface area contributed by atoms with E-state index in [1.807, 2.05) is 6.07 Å². The lowest BCUT2D eigenvalue weighted by molar-refractivity contribution is 0.418. The fourth-order valence-corrected chi connectivity index (χ4v) is 1.33. The molecule has 0 fully saturated rings. The van der Waals surface area contributed by atoms with Crippen molar-refractivity contribution < 1.29 is 9.84 Å². The van der Waals surface area contributed by atoms with E-state index in [0.717, 1.165) is 11.1 Å². The van der Waals surface area contributed by atoms with E-state index in [2.05, 4.69) is 4.98 Å². The first-order valence-electron chi connectivity index (χ1n) is 3.92. The minimum atomic E-state index is 0.226. The van der Waals surface area contributed by atoms with Gasteiger partial charge < -0.3 is 9.84 Å². The molecule has 0 unspecified atom stereocenters. The molecule has 0 bridgehead atoms. The van der Waals surface area contributed by atoms with Gasteiger partial charge in [0.1, 0.15) is 11.5 Å². The van der Waals surface area contributed by atoms with Crippen LogP contribution in [0.2, 0.25) is 0 Å². The van der Waals surface area contributed by atoms with Crippen LogP contribution in [-0.2, 0) is 0 Å². The number of methoxy groups -OCH3 is 1.